The van der Waals surface area contributed by atoms with Gasteiger partial charge in [-0.1, -0.05) is 24.3 Å². The average molecular weight is 410 g/mol. The molecule has 0 saturated heterocycles. The van der Waals surface area contributed by atoms with Crippen LogP contribution in [-0.4, -0.2) is 29.9 Å². The third-order valence-electron chi connectivity index (χ3n) is 5.42. The zero-order valence-corrected chi connectivity index (χ0v) is 16.9. The summed E-state index contributed by atoms with van der Waals surface area (Å²) in [4.78, 5) is 29.9. The molecule has 4 nitrogen and oxygen atoms in total. The van der Waals surface area contributed by atoms with Crippen LogP contribution in [0.1, 0.15) is 31.2 Å². The third-order valence-corrected chi connectivity index (χ3v) is 7.64. The SMILES string of the molecule is O=C(OCC(=O)N1CCc2sccc2C1)c1cc2c(s1)-c1ccccc1CC2. The molecular formula is C22H19NO3S2. The van der Waals surface area contributed by atoms with Crippen LogP contribution in [0, 0.1) is 0 Å². The summed E-state index contributed by atoms with van der Waals surface area (Å²) < 4.78 is 5.36. The van der Waals surface area contributed by atoms with Gasteiger partial charge in [-0.15, -0.1) is 22.7 Å². The van der Waals surface area contributed by atoms with E-state index >= 15 is 0 Å². The van der Waals surface area contributed by atoms with Crippen LogP contribution >= 0.6 is 22.7 Å². The van der Waals surface area contributed by atoms with E-state index in [0.717, 1.165) is 24.1 Å². The van der Waals surface area contributed by atoms with Gasteiger partial charge in [0.2, 0.25) is 0 Å². The minimum atomic E-state index is -0.404. The summed E-state index contributed by atoms with van der Waals surface area (Å²) in [6, 6.07) is 12.3. The molecule has 0 unspecified atom stereocenters. The van der Waals surface area contributed by atoms with Gasteiger partial charge in [-0.05, 0) is 59.0 Å². The van der Waals surface area contributed by atoms with Crippen molar-refractivity contribution in [1.29, 1.82) is 0 Å². The number of nitrogens with zero attached hydrogens (tertiary/aromatic N) is 1. The molecule has 2 aromatic heterocycles. The summed E-state index contributed by atoms with van der Waals surface area (Å²) in [5, 5.41) is 2.06. The Morgan fingerprint density at radius 3 is 2.82 bits per heavy atom. The Balaban J connectivity index is 1.25. The lowest BCUT2D eigenvalue weighted by Crippen LogP contribution is -2.38. The Hall–Kier alpha value is -2.44. The molecule has 0 radical (unpaired) electrons. The van der Waals surface area contributed by atoms with Crippen molar-refractivity contribution in [2.45, 2.75) is 25.8 Å². The Kier molecular flexibility index (Phi) is 4.53. The number of ether oxygens (including phenoxy) is 1. The van der Waals surface area contributed by atoms with Crippen LogP contribution in [0.2, 0.25) is 0 Å². The van der Waals surface area contributed by atoms with Crippen molar-refractivity contribution < 1.29 is 14.3 Å². The molecule has 142 valence electrons. The number of hydrogen-bond donors (Lipinski definition) is 0. The maximum Gasteiger partial charge on any atom is 0.348 e. The van der Waals surface area contributed by atoms with Gasteiger partial charge in [-0.2, -0.15) is 0 Å². The van der Waals surface area contributed by atoms with Crippen molar-refractivity contribution in [3.63, 3.8) is 0 Å². The largest absolute Gasteiger partial charge is 0.451 e. The third kappa shape index (κ3) is 3.16. The number of amides is 1. The second-order valence-corrected chi connectivity index (χ2v) is 9.19. The number of aryl methyl sites for hydroxylation is 2. The molecule has 5 rings (SSSR count). The van der Waals surface area contributed by atoms with E-state index in [0.29, 0.717) is 18.0 Å². The molecule has 28 heavy (non-hydrogen) atoms. The van der Waals surface area contributed by atoms with Crippen LogP contribution in [0.3, 0.4) is 0 Å². The average Bonchev–Trinajstić information content (AvgIpc) is 3.38. The van der Waals surface area contributed by atoms with Crippen molar-refractivity contribution in [3.05, 3.63) is 68.2 Å². The lowest BCUT2D eigenvalue weighted by atomic mass is 9.91. The molecule has 1 aliphatic heterocycles. The molecule has 1 aliphatic carbocycles. The Morgan fingerprint density at radius 2 is 1.89 bits per heavy atom. The first kappa shape index (κ1) is 17.6. The van der Waals surface area contributed by atoms with Gasteiger partial charge in [0.05, 0.1) is 0 Å². The van der Waals surface area contributed by atoms with Gasteiger partial charge in [0.25, 0.3) is 5.91 Å². The first-order valence-electron chi connectivity index (χ1n) is 9.40. The fraction of sp³-hybridized carbons (Fsp3) is 0.273. The summed E-state index contributed by atoms with van der Waals surface area (Å²) >= 11 is 3.21. The van der Waals surface area contributed by atoms with Crippen LogP contribution < -0.4 is 0 Å². The van der Waals surface area contributed by atoms with E-state index in [1.807, 2.05) is 12.1 Å². The number of rotatable bonds is 3. The summed E-state index contributed by atoms with van der Waals surface area (Å²) in [5.74, 6) is -0.532. The van der Waals surface area contributed by atoms with E-state index in [4.69, 9.17) is 4.74 Å². The highest BCUT2D eigenvalue weighted by Gasteiger charge is 2.25. The highest BCUT2D eigenvalue weighted by atomic mass is 32.1. The molecule has 0 spiro atoms. The molecule has 1 aromatic carbocycles. The Labute approximate surface area is 171 Å². The first-order valence-corrected chi connectivity index (χ1v) is 11.1. The zero-order chi connectivity index (χ0) is 19.1. The van der Waals surface area contributed by atoms with Crippen molar-refractivity contribution in [2.24, 2.45) is 0 Å². The second kappa shape index (κ2) is 7.18. The van der Waals surface area contributed by atoms with E-state index in [2.05, 4.69) is 29.6 Å². The fourth-order valence-corrected chi connectivity index (χ4v) is 5.98. The number of fused-ring (bicyclic) bond motifs is 4. The molecular weight excluding hydrogens is 390 g/mol. The number of benzene rings is 1. The topological polar surface area (TPSA) is 46.6 Å². The molecule has 0 N–H and O–H groups in total. The molecule has 3 heterocycles. The molecule has 1 amide bonds. The fourth-order valence-electron chi connectivity index (χ4n) is 3.92. The minimum absolute atomic E-state index is 0.128. The van der Waals surface area contributed by atoms with Crippen molar-refractivity contribution in [2.75, 3.05) is 13.2 Å². The summed E-state index contributed by atoms with van der Waals surface area (Å²) in [6.07, 6.45) is 2.81. The quantitative estimate of drug-likeness (QED) is 0.606. The molecule has 2 aliphatic rings. The van der Waals surface area contributed by atoms with Crippen LogP contribution in [0.25, 0.3) is 10.4 Å². The van der Waals surface area contributed by atoms with E-state index in [-0.39, 0.29) is 12.5 Å². The summed E-state index contributed by atoms with van der Waals surface area (Å²) in [5.41, 5.74) is 4.94. The Morgan fingerprint density at radius 1 is 1.04 bits per heavy atom. The van der Waals surface area contributed by atoms with Gasteiger partial charge in [0, 0.05) is 22.8 Å². The van der Waals surface area contributed by atoms with Crippen LogP contribution in [0.5, 0.6) is 0 Å². The molecule has 0 atom stereocenters. The molecule has 0 saturated carbocycles. The molecule has 0 bridgehead atoms. The number of esters is 1. The number of carbonyl (C=O) groups is 2. The van der Waals surface area contributed by atoms with Gasteiger partial charge < -0.3 is 9.64 Å². The van der Waals surface area contributed by atoms with E-state index < -0.39 is 5.97 Å². The van der Waals surface area contributed by atoms with Gasteiger partial charge in [0.1, 0.15) is 4.88 Å². The number of thiophene rings is 2. The van der Waals surface area contributed by atoms with E-state index in [1.165, 1.54) is 38.5 Å². The monoisotopic (exact) mass is 409 g/mol. The standard InChI is InChI=1S/C22H19NO3S2/c24-20(23-9-7-18-16(12-23)8-10-27-18)13-26-22(25)19-11-15-6-5-14-3-1-2-4-17(14)21(15)28-19/h1-4,8,10-11H,5-7,9,12-13H2. The van der Waals surface area contributed by atoms with E-state index in [9.17, 15) is 9.59 Å². The Bertz CT molecular complexity index is 1070. The van der Waals surface area contributed by atoms with Crippen molar-refractivity contribution in [1.82, 2.24) is 4.90 Å². The second-order valence-electron chi connectivity index (χ2n) is 7.13. The molecule has 0 fully saturated rings. The van der Waals surface area contributed by atoms with Crippen LogP contribution in [-0.2, 0) is 35.3 Å². The first-order chi connectivity index (χ1) is 13.7. The summed E-state index contributed by atoms with van der Waals surface area (Å²) in [6.45, 7) is 1.10. The number of hydrogen-bond acceptors (Lipinski definition) is 5. The zero-order valence-electron chi connectivity index (χ0n) is 15.3. The molecule has 3 aromatic rings. The van der Waals surface area contributed by atoms with Crippen LogP contribution in [0.15, 0.2) is 41.8 Å². The van der Waals surface area contributed by atoms with Gasteiger partial charge in [-0.25, -0.2) is 4.79 Å². The summed E-state index contributed by atoms with van der Waals surface area (Å²) in [7, 11) is 0. The predicted molar refractivity (Wildman–Crippen MR) is 111 cm³/mol. The maximum absolute atomic E-state index is 12.5. The van der Waals surface area contributed by atoms with E-state index in [1.54, 1.807) is 16.2 Å². The highest BCUT2D eigenvalue weighted by molar-refractivity contribution is 7.17. The van der Waals surface area contributed by atoms with Gasteiger partial charge in [-0.3, -0.25) is 4.79 Å². The predicted octanol–water partition coefficient (Wildman–Crippen LogP) is 4.32. The highest BCUT2D eigenvalue weighted by Crippen LogP contribution is 2.39. The minimum Gasteiger partial charge on any atom is -0.451 e. The van der Waals surface area contributed by atoms with Crippen LogP contribution in [0.4, 0.5) is 0 Å². The van der Waals surface area contributed by atoms with Crippen molar-refractivity contribution in [3.8, 4) is 10.4 Å². The lowest BCUT2D eigenvalue weighted by Gasteiger charge is -2.26. The lowest BCUT2D eigenvalue weighted by molar-refractivity contribution is -0.135. The van der Waals surface area contributed by atoms with Crippen molar-refractivity contribution >= 4 is 34.6 Å². The van der Waals surface area contributed by atoms with Gasteiger partial charge in [0.15, 0.2) is 6.61 Å². The van der Waals surface area contributed by atoms with Gasteiger partial charge >= 0.3 is 5.97 Å². The molecule has 6 heteroatoms. The number of carbonyl (C=O) groups excluding carboxylic acids is 2. The maximum atomic E-state index is 12.5. The normalized spacial score (nSPS) is 14.8. The smallest absolute Gasteiger partial charge is 0.348 e.